The second-order valence-corrected chi connectivity index (χ2v) is 6.28. The van der Waals surface area contributed by atoms with Gasteiger partial charge in [0.2, 0.25) is 0 Å². The lowest BCUT2D eigenvalue weighted by Gasteiger charge is -2.37. The standard InChI is InChI=1S/C17H27FN2/c1-12(2)14-7-9-20(10-8-14)17-6-5-15(18)11-16(17)13(3)19-4/h5-6,11-14,19H,7-10H2,1-4H3. The van der Waals surface area contributed by atoms with Gasteiger partial charge in [-0.15, -0.1) is 0 Å². The predicted octanol–water partition coefficient (Wildman–Crippen LogP) is 3.98. The van der Waals surface area contributed by atoms with Crippen LogP contribution in [0.1, 0.15) is 45.2 Å². The van der Waals surface area contributed by atoms with E-state index in [1.165, 1.54) is 18.5 Å². The largest absolute Gasteiger partial charge is 0.371 e. The van der Waals surface area contributed by atoms with Gasteiger partial charge in [0.1, 0.15) is 5.82 Å². The van der Waals surface area contributed by atoms with Crippen LogP contribution < -0.4 is 10.2 Å². The van der Waals surface area contributed by atoms with Crippen LogP contribution in [0.5, 0.6) is 0 Å². The van der Waals surface area contributed by atoms with Crippen LogP contribution in [0, 0.1) is 17.7 Å². The maximum atomic E-state index is 13.5. The normalized spacial score (nSPS) is 18.6. The van der Waals surface area contributed by atoms with Crippen LogP contribution in [-0.2, 0) is 0 Å². The SMILES string of the molecule is CNC(C)c1cc(F)ccc1N1CCC(C(C)C)CC1. The van der Waals surface area contributed by atoms with Gasteiger partial charge in [-0.2, -0.15) is 0 Å². The van der Waals surface area contributed by atoms with Crippen molar-refractivity contribution in [2.24, 2.45) is 11.8 Å². The van der Waals surface area contributed by atoms with E-state index in [-0.39, 0.29) is 11.9 Å². The number of nitrogens with zero attached hydrogens (tertiary/aromatic N) is 1. The third-order valence-corrected chi connectivity index (χ3v) is 4.71. The maximum absolute atomic E-state index is 13.5. The van der Waals surface area contributed by atoms with Crippen molar-refractivity contribution in [2.45, 2.75) is 39.7 Å². The van der Waals surface area contributed by atoms with Gasteiger partial charge in [0.05, 0.1) is 0 Å². The summed E-state index contributed by atoms with van der Waals surface area (Å²) in [4.78, 5) is 2.42. The molecule has 0 spiro atoms. The average molecular weight is 278 g/mol. The first-order valence-electron chi connectivity index (χ1n) is 7.74. The lowest BCUT2D eigenvalue weighted by atomic mass is 9.86. The second kappa shape index (κ2) is 6.57. The van der Waals surface area contributed by atoms with Gasteiger partial charge in [0.25, 0.3) is 0 Å². The monoisotopic (exact) mass is 278 g/mol. The molecule has 1 N–H and O–H groups in total. The molecular weight excluding hydrogens is 251 g/mol. The minimum atomic E-state index is -0.150. The zero-order chi connectivity index (χ0) is 14.7. The summed E-state index contributed by atoms with van der Waals surface area (Å²) in [6.07, 6.45) is 2.48. The summed E-state index contributed by atoms with van der Waals surface area (Å²) in [5.41, 5.74) is 2.26. The quantitative estimate of drug-likeness (QED) is 0.896. The van der Waals surface area contributed by atoms with Gasteiger partial charge in [-0.05, 0) is 62.4 Å². The molecule has 1 aromatic carbocycles. The lowest BCUT2D eigenvalue weighted by molar-refractivity contribution is 0.311. The van der Waals surface area contributed by atoms with Crippen molar-refractivity contribution in [2.75, 3.05) is 25.0 Å². The highest BCUT2D eigenvalue weighted by Gasteiger charge is 2.24. The van der Waals surface area contributed by atoms with E-state index in [2.05, 4.69) is 31.0 Å². The summed E-state index contributed by atoms with van der Waals surface area (Å²) in [6.45, 7) is 8.87. The fourth-order valence-electron chi connectivity index (χ4n) is 3.12. The molecular formula is C17H27FN2. The molecule has 1 atom stereocenters. The van der Waals surface area contributed by atoms with E-state index in [4.69, 9.17) is 0 Å². The Morgan fingerprint density at radius 3 is 2.40 bits per heavy atom. The molecule has 0 radical (unpaired) electrons. The van der Waals surface area contributed by atoms with E-state index >= 15 is 0 Å². The minimum Gasteiger partial charge on any atom is -0.371 e. The lowest BCUT2D eigenvalue weighted by Crippen LogP contribution is -2.36. The van der Waals surface area contributed by atoms with Crippen LogP contribution in [0.15, 0.2) is 18.2 Å². The van der Waals surface area contributed by atoms with Crippen molar-refractivity contribution >= 4 is 5.69 Å². The number of nitrogens with one attached hydrogen (secondary N) is 1. The van der Waals surface area contributed by atoms with Crippen LogP contribution in [-0.4, -0.2) is 20.1 Å². The fourth-order valence-corrected chi connectivity index (χ4v) is 3.12. The molecule has 112 valence electrons. The molecule has 1 heterocycles. The minimum absolute atomic E-state index is 0.150. The number of hydrogen-bond acceptors (Lipinski definition) is 2. The molecule has 20 heavy (non-hydrogen) atoms. The maximum Gasteiger partial charge on any atom is 0.123 e. The van der Waals surface area contributed by atoms with Gasteiger partial charge >= 0.3 is 0 Å². The molecule has 1 saturated heterocycles. The average Bonchev–Trinajstić information content (AvgIpc) is 2.46. The van der Waals surface area contributed by atoms with Crippen molar-refractivity contribution in [3.8, 4) is 0 Å². The third kappa shape index (κ3) is 3.32. The molecule has 0 amide bonds. The summed E-state index contributed by atoms with van der Waals surface area (Å²) >= 11 is 0. The van der Waals surface area contributed by atoms with Crippen LogP contribution in [0.3, 0.4) is 0 Å². The molecule has 2 nitrogen and oxygen atoms in total. The highest BCUT2D eigenvalue weighted by Crippen LogP contribution is 2.32. The van der Waals surface area contributed by atoms with Crippen molar-refractivity contribution in [3.63, 3.8) is 0 Å². The Balaban J connectivity index is 2.17. The Morgan fingerprint density at radius 1 is 1.20 bits per heavy atom. The molecule has 1 unspecified atom stereocenters. The van der Waals surface area contributed by atoms with Gasteiger partial charge in [0, 0.05) is 24.8 Å². The van der Waals surface area contributed by atoms with E-state index in [0.717, 1.165) is 30.5 Å². The van der Waals surface area contributed by atoms with Crippen molar-refractivity contribution in [1.29, 1.82) is 0 Å². The Kier molecular flexibility index (Phi) is 5.03. The van der Waals surface area contributed by atoms with Crippen molar-refractivity contribution < 1.29 is 4.39 Å². The highest BCUT2D eigenvalue weighted by atomic mass is 19.1. The van der Waals surface area contributed by atoms with Crippen LogP contribution in [0.2, 0.25) is 0 Å². The molecule has 0 aromatic heterocycles. The fraction of sp³-hybridized carbons (Fsp3) is 0.647. The first kappa shape index (κ1) is 15.3. The summed E-state index contributed by atoms with van der Waals surface area (Å²) in [7, 11) is 1.92. The van der Waals surface area contributed by atoms with Crippen LogP contribution in [0.25, 0.3) is 0 Å². The topological polar surface area (TPSA) is 15.3 Å². The number of piperidine rings is 1. The zero-order valence-corrected chi connectivity index (χ0v) is 13.1. The smallest absolute Gasteiger partial charge is 0.123 e. The van der Waals surface area contributed by atoms with E-state index < -0.39 is 0 Å². The Morgan fingerprint density at radius 2 is 1.85 bits per heavy atom. The first-order chi connectivity index (χ1) is 9.52. The van der Waals surface area contributed by atoms with E-state index in [1.54, 1.807) is 12.1 Å². The molecule has 0 bridgehead atoms. The van der Waals surface area contributed by atoms with E-state index in [1.807, 2.05) is 13.1 Å². The molecule has 3 heteroatoms. The molecule has 1 fully saturated rings. The third-order valence-electron chi connectivity index (χ3n) is 4.71. The van der Waals surface area contributed by atoms with Gasteiger partial charge in [-0.1, -0.05) is 13.8 Å². The first-order valence-corrected chi connectivity index (χ1v) is 7.74. The number of anilines is 1. The van der Waals surface area contributed by atoms with Gasteiger partial charge in [0.15, 0.2) is 0 Å². The van der Waals surface area contributed by atoms with Crippen molar-refractivity contribution in [3.05, 3.63) is 29.6 Å². The molecule has 1 aromatic rings. The number of hydrogen-bond donors (Lipinski definition) is 1. The summed E-state index contributed by atoms with van der Waals surface area (Å²) in [5.74, 6) is 1.45. The van der Waals surface area contributed by atoms with E-state index in [0.29, 0.717) is 0 Å². The highest BCUT2D eigenvalue weighted by molar-refractivity contribution is 5.55. The number of rotatable bonds is 4. The summed E-state index contributed by atoms with van der Waals surface area (Å²) in [6, 6.07) is 5.36. The van der Waals surface area contributed by atoms with E-state index in [9.17, 15) is 4.39 Å². The Hall–Kier alpha value is -1.09. The van der Waals surface area contributed by atoms with Gasteiger partial charge < -0.3 is 10.2 Å². The van der Waals surface area contributed by atoms with Gasteiger partial charge in [-0.25, -0.2) is 4.39 Å². The zero-order valence-electron chi connectivity index (χ0n) is 13.1. The summed E-state index contributed by atoms with van der Waals surface area (Å²) < 4.78 is 13.5. The molecule has 0 saturated carbocycles. The molecule has 1 aliphatic heterocycles. The predicted molar refractivity (Wildman–Crippen MR) is 83.6 cm³/mol. The number of halogens is 1. The molecule has 0 aliphatic carbocycles. The summed E-state index contributed by atoms with van der Waals surface area (Å²) in [5, 5.41) is 3.22. The molecule has 1 aliphatic rings. The number of benzene rings is 1. The second-order valence-electron chi connectivity index (χ2n) is 6.28. The Labute approximate surface area is 122 Å². The molecule has 2 rings (SSSR count). The van der Waals surface area contributed by atoms with Gasteiger partial charge in [-0.3, -0.25) is 0 Å². The van der Waals surface area contributed by atoms with Crippen LogP contribution >= 0.6 is 0 Å². The van der Waals surface area contributed by atoms with Crippen molar-refractivity contribution in [1.82, 2.24) is 5.32 Å². The Bertz CT molecular complexity index is 437. The van der Waals surface area contributed by atoms with Crippen LogP contribution in [0.4, 0.5) is 10.1 Å².